The molecular weight excluding hydrogens is 267 g/mol. The van der Waals surface area contributed by atoms with Gasteiger partial charge in [-0.05, 0) is 43.7 Å². The second kappa shape index (κ2) is 6.19. The zero-order valence-corrected chi connectivity index (χ0v) is 11.9. The molecule has 1 amide bonds. The predicted octanol–water partition coefficient (Wildman–Crippen LogP) is 3.44. The molecule has 1 atom stereocenters. The minimum Gasteiger partial charge on any atom is -0.333 e. The lowest BCUT2D eigenvalue weighted by Crippen LogP contribution is -2.27. The highest BCUT2D eigenvalue weighted by Crippen LogP contribution is 2.15. The Morgan fingerprint density at radius 2 is 1.71 bits per heavy atom. The number of benzene rings is 2. The third-order valence-electron chi connectivity index (χ3n) is 3.09. The van der Waals surface area contributed by atoms with E-state index in [1.54, 1.807) is 12.1 Å². The number of nitrogens with zero attached hydrogens (tertiary/aromatic N) is 1. The fourth-order valence-corrected chi connectivity index (χ4v) is 2.17. The molecule has 0 saturated carbocycles. The summed E-state index contributed by atoms with van der Waals surface area (Å²) in [5.74, 6) is -0.700. The molecule has 0 fully saturated rings. The molecule has 106 valence electrons. The second-order valence-electron chi connectivity index (χ2n) is 4.96. The molecule has 2 rings (SSSR count). The van der Waals surface area contributed by atoms with Crippen LogP contribution in [0.15, 0.2) is 42.5 Å². The van der Waals surface area contributed by atoms with Crippen molar-refractivity contribution in [3.63, 3.8) is 0 Å². The maximum absolute atomic E-state index is 12.9. The van der Waals surface area contributed by atoms with Crippen LogP contribution in [0.4, 0.5) is 4.39 Å². The zero-order chi connectivity index (χ0) is 15.4. The number of carbonyl (C=O) groups is 1. The van der Waals surface area contributed by atoms with Crippen LogP contribution in [0, 0.1) is 31.0 Å². The Hall–Kier alpha value is -2.67. The summed E-state index contributed by atoms with van der Waals surface area (Å²) in [6.07, 6.45) is 0. The van der Waals surface area contributed by atoms with Crippen LogP contribution in [-0.2, 0) is 0 Å². The van der Waals surface area contributed by atoms with Gasteiger partial charge in [-0.1, -0.05) is 29.3 Å². The summed E-state index contributed by atoms with van der Waals surface area (Å²) in [5, 5.41) is 11.8. The van der Waals surface area contributed by atoms with E-state index in [0.29, 0.717) is 11.1 Å². The number of aryl methyl sites for hydroxylation is 2. The quantitative estimate of drug-likeness (QED) is 0.937. The summed E-state index contributed by atoms with van der Waals surface area (Å²) >= 11 is 0. The maximum atomic E-state index is 12.9. The summed E-state index contributed by atoms with van der Waals surface area (Å²) < 4.78 is 12.9. The van der Waals surface area contributed by atoms with Crippen molar-refractivity contribution in [1.29, 1.82) is 5.26 Å². The number of nitrogens with one attached hydrogen (secondary N) is 1. The van der Waals surface area contributed by atoms with Crippen molar-refractivity contribution < 1.29 is 9.18 Å². The van der Waals surface area contributed by atoms with Crippen molar-refractivity contribution in [2.45, 2.75) is 19.9 Å². The highest BCUT2D eigenvalue weighted by Gasteiger charge is 2.15. The van der Waals surface area contributed by atoms with E-state index in [0.717, 1.165) is 11.1 Å². The van der Waals surface area contributed by atoms with Gasteiger partial charge in [-0.3, -0.25) is 4.79 Å². The van der Waals surface area contributed by atoms with Gasteiger partial charge in [0.25, 0.3) is 5.91 Å². The molecule has 4 heteroatoms. The summed E-state index contributed by atoms with van der Waals surface area (Å²) in [6, 6.07) is 12.2. The van der Waals surface area contributed by atoms with Crippen molar-refractivity contribution in [3.8, 4) is 6.07 Å². The summed E-state index contributed by atoms with van der Waals surface area (Å²) in [5.41, 5.74) is 3.03. The van der Waals surface area contributed by atoms with Crippen LogP contribution in [0.25, 0.3) is 0 Å². The minimum atomic E-state index is -0.807. The first-order valence-electron chi connectivity index (χ1n) is 6.54. The summed E-state index contributed by atoms with van der Waals surface area (Å²) in [7, 11) is 0. The van der Waals surface area contributed by atoms with Crippen LogP contribution < -0.4 is 5.32 Å². The van der Waals surface area contributed by atoms with E-state index in [4.69, 9.17) is 0 Å². The van der Waals surface area contributed by atoms with Crippen molar-refractivity contribution in [1.82, 2.24) is 5.32 Å². The van der Waals surface area contributed by atoms with Gasteiger partial charge >= 0.3 is 0 Å². The number of rotatable bonds is 3. The van der Waals surface area contributed by atoms with E-state index < -0.39 is 6.04 Å². The third-order valence-corrected chi connectivity index (χ3v) is 3.09. The molecule has 3 nitrogen and oxygen atoms in total. The molecule has 0 heterocycles. The first-order valence-corrected chi connectivity index (χ1v) is 6.54. The molecule has 2 aromatic rings. The molecule has 0 aliphatic rings. The Labute approximate surface area is 123 Å². The lowest BCUT2D eigenvalue weighted by molar-refractivity contribution is 0.0945. The summed E-state index contributed by atoms with van der Waals surface area (Å²) in [6.45, 7) is 3.82. The van der Waals surface area contributed by atoms with Gasteiger partial charge in [0, 0.05) is 5.56 Å². The van der Waals surface area contributed by atoms with Crippen molar-refractivity contribution in [2.75, 3.05) is 0 Å². The number of hydrogen-bond acceptors (Lipinski definition) is 2. The smallest absolute Gasteiger partial charge is 0.252 e. The average Bonchev–Trinajstić information content (AvgIpc) is 2.44. The largest absolute Gasteiger partial charge is 0.333 e. The first-order chi connectivity index (χ1) is 9.99. The normalized spacial score (nSPS) is 11.5. The van der Waals surface area contributed by atoms with Gasteiger partial charge in [0.05, 0.1) is 6.07 Å². The highest BCUT2D eigenvalue weighted by atomic mass is 19.1. The van der Waals surface area contributed by atoms with Crippen molar-refractivity contribution >= 4 is 5.91 Å². The van der Waals surface area contributed by atoms with Gasteiger partial charge < -0.3 is 5.32 Å². The van der Waals surface area contributed by atoms with Gasteiger partial charge in [0.15, 0.2) is 0 Å². The monoisotopic (exact) mass is 282 g/mol. The maximum Gasteiger partial charge on any atom is 0.252 e. The molecule has 0 bridgehead atoms. The van der Waals surface area contributed by atoms with Crippen LogP contribution in [0.3, 0.4) is 0 Å². The summed E-state index contributed by atoms with van der Waals surface area (Å²) in [4.78, 5) is 12.2. The van der Waals surface area contributed by atoms with Gasteiger partial charge in [-0.2, -0.15) is 5.26 Å². The van der Waals surface area contributed by atoms with E-state index >= 15 is 0 Å². The Bertz CT molecular complexity index is 681. The first kappa shape index (κ1) is 14.7. The molecule has 1 N–H and O–H groups in total. The molecule has 0 spiro atoms. The molecular formula is C17H15FN2O. The third kappa shape index (κ3) is 3.67. The van der Waals surface area contributed by atoms with Crippen molar-refractivity contribution in [3.05, 3.63) is 70.5 Å². The van der Waals surface area contributed by atoms with E-state index in [1.165, 1.54) is 24.3 Å². The number of hydrogen-bond donors (Lipinski definition) is 1. The molecule has 0 radical (unpaired) electrons. The van der Waals surface area contributed by atoms with E-state index in [9.17, 15) is 14.4 Å². The Morgan fingerprint density at radius 1 is 1.14 bits per heavy atom. The number of halogens is 1. The lowest BCUT2D eigenvalue weighted by atomic mass is 10.0. The standard InChI is InChI=1S/C17H15FN2O/c1-11-7-12(2)9-14(8-11)17(21)20-16(10-19)13-3-5-15(18)6-4-13/h3-9,16H,1-2H3,(H,20,21)/t16-/m0/s1. The van der Waals surface area contributed by atoms with Crippen LogP contribution in [-0.4, -0.2) is 5.91 Å². The molecule has 0 unspecified atom stereocenters. The number of nitriles is 1. The van der Waals surface area contributed by atoms with E-state index in [1.807, 2.05) is 26.0 Å². The SMILES string of the molecule is Cc1cc(C)cc(C(=O)N[C@@H](C#N)c2ccc(F)cc2)c1. The van der Waals surface area contributed by atoms with Gasteiger partial charge in [-0.15, -0.1) is 0 Å². The minimum absolute atomic E-state index is 0.322. The predicted molar refractivity (Wildman–Crippen MR) is 78.1 cm³/mol. The Morgan fingerprint density at radius 3 is 2.24 bits per heavy atom. The molecule has 0 aliphatic heterocycles. The Kier molecular flexibility index (Phi) is 4.34. The zero-order valence-electron chi connectivity index (χ0n) is 11.9. The molecule has 0 saturated heterocycles. The van der Waals surface area contributed by atoms with Crippen molar-refractivity contribution in [2.24, 2.45) is 0 Å². The Balaban J connectivity index is 2.20. The van der Waals surface area contributed by atoms with Crippen LogP contribution in [0.5, 0.6) is 0 Å². The topological polar surface area (TPSA) is 52.9 Å². The number of carbonyl (C=O) groups excluding carboxylic acids is 1. The fraction of sp³-hybridized carbons (Fsp3) is 0.176. The van der Waals surface area contributed by atoms with Crippen LogP contribution in [0.1, 0.15) is 33.1 Å². The molecule has 2 aromatic carbocycles. The van der Waals surface area contributed by atoms with Gasteiger partial charge in [-0.25, -0.2) is 4.39 Å². The lowest BCUT2D eigenvalue weighted by Gasteiger charge is -2.12. The van der Waals surface area contributed by atoms with Gasteiger partial charge in [0.1, 0.15) is 11.9 Å². The highest BCUT2D eigenvalue weighted by molar-refractivity contribution is 5.95. The van der Waals surface area contributed by atoms with Crippen LogP contribution >= 0.6 is 0 Å². The second-order valence-corrected chi connectivity index (χ2v) is 4.96. The average molecular weight is 282 g/mol. The van der Waals surface area contributed by atoms with E-state index in [2.05, 4.69) is 5.32 Å². The van der Waals surface area contributed by atoms with Gasteiger partial charge in [0.2, 0.25) is 0 Å². The van der Waals surface area contributed by atoms with Crippen LogP contribution in [0.2, 0.25) is 0 Å². The molecule has 21 heavy (non-hydrogen) atoms. The number of amides is 1. The fourth-order valence-electron chi connectivity index (χ4n) is 2.17. The molecule has 0 aliphatic carbocycles. The van der Waals surface area contributed by atoms with E-state index in [-0.39, 0.29) is 11.7 Å². The molecule has 0 aromatic heterocycles.